The zero-order valence-corrected chi connectivity index (χ0v) is 17.1. The normalized spacial score (nSPS) is 27.2. The summed E-state index contributed by atoms with van der Waals surface area (Å²) in [5, 5.41) is 10.9. The number of ether oxygens (including phenoxy) is 2. The van der Waals surface area contributed by atoms with Crippen molar-refractivity contribution in [3.63, 3.8) is 0 Å². The van der Waals surface area contributed by atoms with Crippen molar-refractivity contribution in [1.82, 2.24) is 0 Å². The number of anilines is 1. The Morgan fingerprint density at radius 1 is 1.11 bits per heavy atom. The largest absolute Gasteiger partial charge is 0.466 e. The predicted octanol–water partition coefficient (Wildman–Crippen LogP) is 1.92. The number of benzene rings is 1. The minimum atomic E-state index is -1.63. The van der Waals surface area contributed by atoms with Crippen molar-refractivity contribution in [3.8, 4) is 0 Å². The second-order valence-corrected chi connectivity index (χ2v) is 7.47. The van der Waals surface area contributed by atoms with Gasteiger partial charge in [-0.1, -0.05) is 12.1 Å². The molecule has 0 bridgehead atoms. The summed E-state index contributed by atoms with van der Waals surface area (Å²) in [6.45, 7) is 5.02. The highest BCUT2D eigenvalue weighted by Crippen LogP contribution is 2.46. The van der Waals surface area contributed by atoms with Crippen molar-refractivity contribution >= 4 is 23.4 Å². The third-order valence-corrected chi connectivity index (χ3v) is 5.14. The highest BCUT2D eigenvalue weighted by atomic mass is 16.5. The lowest BCUT2D eigenvalue weighted by atomic mass is 9.61. The number of rotatable bonds is 6. The molecule has 7 heteroatoms. The molecular formula is C21H29NO6. The van der Waals surface area contributed by atoms with E-state index in [9.17, 15) is 19.5 Å². The molecule has 0 amide bonds. The van der Waals surface area contributed by atoms with Crippen molar-refractivity contribution in [3.05, 3.63) is 29.8 Å². The van der Waals surface area contributed by atoms with Crippen LogP contribution in [-0.4, -0.2) is 55.7 Å². The van der Waals surface area contributed by atoms with Crippen molar-refractivity contribution in [2.24, 2.45) is 11.8 Å². The number of ketones is 1. The summed E-state index contributed by atoms with van der Waals surface area (Å²) in [6.07, 6.45) is -0.313. The highest BCUT2D eigenvalue weighted by molar-refractivity contribution is 6.02. The quantitative estimate of drug-likeness (QED) is 0.585. The van der Waals surface area contributed by atoms with Crippen LogP contribution in [0.5, 0.6) is 0 Å². The Bertz CT molecular complexity index is 725. The Hall–Kier alpha value is -2.41. The number of nitrogens with zero attached hydrogens (tertiary/aromatic N) is 1. The molecule has 4 atom stereocenters. The van der Waals surface area contributed by atoms with Crippen LogP contribution in [0.4, 0.5) is 5.69 Å². The number of carbonyl (C=O) groups is 3. The van der Waals surface area contributed by atoms with Gasteiger partial charge >= 0.3 is 11.9 Å². The maximum absolute atomic E-state index is 12.8. The van der Waals surface area contributed by atoms with Gasteiger partial charge in [0.05, 0.1) is 24.7 Å². The van der Waals surface area contributed by atoms with Crippen LogP contribution in [0, 0.1) is 11.8 Å². The van der Waals surface area contributed by atoms with E-state index in [0.717, 1.165) is 5.69 Å². The first-order chi connectivity index (χ1) is 13.1. The summed E-state index contributed by atoms with van der Waals surface area (Å²) in [5.74, 6) is -4.85. The summed E-state index contributed by atoms with van der Waals surface area (Å²) in [6, 6.07) is 7.22. The molecular weight excluding hydrogens is 362 g/mol. The first kappa shape index (κ1) is 21.9. The minimum absolute atomic E-state index is 0.120. The summed E-state index contributed by atoms with van der Waals surface area (Å²) < 4.78 is 10.3. The van der Waals surface area contributed by atoms with E-state index in [1.165, 1.54) is 6.92 Å². The van der Waals surface area contributed by atoms with Gasteiger partial charge in [0, 0.05) is 32.1 Å². The highest BCUT2D eigenvalue weighted by Gasteiger charge is 2.57. The zero-order chi connectivity index (χ0) is 21.1. The number of aliphatic hydroxyl groups is 1. The van der Waals surface area contributed by atoms with E-state index in [0.29, 0.717) is 5.56 Å². The lowest BCUT2D eigenvalue weighted by Crippen LogP contribution is -2.55. The third-order valence-electron chi connectivity index (χ3n) is 5.14. The van der Waals surface area contributed by atoms with E-state index in [1.807, 2.05) is 31.1 Å². The molecule has 0 aromatic heterocycles. The van der Waals surface area contributed by atoms with Crippen LogP contribution in [0.2, 0.25) is 0 Å². The number of carbonyl (C=O) groups excluding carboxylic acids is 3. The first-order valence-corrected chi connectivity index (χ1v) is 9.49. The molecule has 154 valence electrons. The van der Waals surface area contributed by atoms with Crippen LogP contribution in [-0.2, 0) is 23.9 Å². The number of Topliss-reactive ketones (excluding diaryl/α,β-unsaturated/α-hetero) is 1. The summed E-state index contributed by atoms with van der Waals surface area (Å²) >= 11 is 0. The molecule has 0 heterocycles. The van der Waals surface area contributed by atoms with Crippen LogP contribution in [0.25, 0.3) is 0 Å². The van der Waals surface area contributed by atoms with Crippen LogP contribution in [0.1, 0.15) is 38.7 Å². The standard InChI is InChI=1S/C21H29NO6/c1-6-27-19(24)17-15(23)12-21(3,26)18(20(25)28-7-2)16(17)13-8-10-14(11-9-13)22(4)5/h8-11,16-18,26H,6-7,12H2,1-5H3/t16-,17+,18+,21-/m0/s1. The third kappa shape index (κ3) is 4.35. The topological polar surface area (TPSA) is 93.1 Å². The van der Waals surface area contributed by atoms with Gasteiger partial charge in [0.15, 0.2) is 5.78 Å². The molecule has 0 spiro atoms. The summed E-state index contributed by atoms with van der Waals surface area (Å²) in [7, 11) is 3.79. The molecule has 1 aromatic rings. The van der Waals surface area contributed by atoms with E-state index in [2.05, 4.69) is 0 Å². The molecule has 7 nitrogen and oxygen atoms in total. The first-order valence-electron chi connectivity index (χ1n) is 9.49. The average molecular weight is 391 g/mol. The summed E-state index contributed by atoms with van der Waals surface area (Å²) in [5.41, 5.74) is -0.0925. The Morgan fingerprint density at radius 3 is 2.14 bits per heavy atom. The van der Waals surface area contributed by atoms with Gasteiger partial charge < -0.3 is 19.5 Å². The van der Waals surface area contributed by atoms with Crippen LogP contribution >= 0.6 is 0 Å². The van der Waals surface area contributed by atoms with Crippen molar-refractivity contribution in [1.29, 1.82) is 0 Å². The SMILES string of the molecule is CCOC(=O)[C@@H]1C(=O)C[C@](C)(O)[C@@H](C(=O)OCC)[C@H]1c1ccc(N(C)C)cc1. The molecule has 1 fully saturated rings. The number of esters is 2. The molecule has 28 heavy (non-hydrogen) atoms. The van der Waals surface area contributed by atoms with Gasteiger partial charge in [0.1, 0.15) is 5.92 Å². The van der Waals surface area contributed by atoms with Gasteiger partial charge in [-0.15, -0.1) is 0 Å². The molecule has 0 saturated heterocycles. The lowest BCUT2D eigenvalue weighted by molar-refractivity contribution is -0.172. The molecule has 1 saturated carbocycles. The van der Waals surface area contributed by atoms with Gasteiger partial charge in [-0.05, 0) is 38.5 Å². The van der Waals surface area contributed by atoms with E-state index < -0.39 is 41.1 Å². The van der Waals surface area contributed by atoms with Crippen molar-refractivity contribution in [2.75, 3.05) is 32.2 Å². The van der Waals surface area contributed by atoms with E-state index in [1.54, 1.807) is 26.0 Å². The second kappa shape index (κ2) is 8.73. The number of hydrogen-bond acceptors (Lipinski definition) is 7. The maximum Gasteiger partial charge on any atom is 0.317 e. The van der Waals surface area contributed by atoms with E-state index in [-0.39, 0.29) is 19.6 Å². The fourth-order valence-corrected chi connectivity index (χ4v) is 3.87. The second-order valence-electron chi connectivity index (χ2n) is 7.47. The molecule has 1 aliphatic rings. The Balaban J connectivity index is 2.59. The zero-order valence-electron chi connectivity index (χ0n) is 17.1. The Kier molecular flexibility index (Phi) is 6.82. The van der Waals surface area contributed by atoms with Gasteiger partial charge in [0.2, 0.25) is 0 Å². The fourth-order valence-electron chi connectivity index (χ4n) is 3.87. The summed E-state index contributed by atoms with van der Waals surface area (Å²) in [4.78, 5) is 40.1. The number of hydrogen-bond donors (Lipinski definition) is 1. The van der Waals surface area contributed by atoms with Crippen LogP contribution in [0.15, 0.2) is 24.3 Å². The van der Waals surface area contributed by atoms with Crippen LogP contribution in [0.3, 0.4) is 0 Å². The predicted molar refractivity (Wildman–Crippen MR) is 104 cm³/mol. The molecule has 1 aliphatic carbocycles. The molecule has 0 aliphatic heterocycles. The van der Waals surface area contributed by atoms with Crippen molar-refractivity contribution < 1.29 is 29.0 Å². The smallest absolute Gasteiger partial charge is 0.317 e. The van der Waals surface area contributed by atoms with Gasteiger partial charge in [0.25, 0.3) is 0 Å². The van der Waals surface area contributed by atoms with Gasteiger partial charge in [-0.2, -0.15) is 0 Å². The minimum Gasteiger partial charge on any atom is -0.466 e. The van der Waals surface area contributed by atoms with Crippen LogP contribution < -0.4 is 4.90 Å². The monoisotopic (exact) mass is 391 g/mol. The molecule has 0 radical (unpaired) electrons. The van der Waals surface area contributed by atoms with E-state index in [4.69, 9.17) is 9.47 Å². The van der Waals surface area contributed by atoms with Crippen molar-refractivity contribution in [2.45, 2.75) is 38.7 Å². The molecule has 1 N–H and O–H groups in total. The molecule has 2 rings (SSSR count). The Morgan fingerprint density at radius 2 is 1.64 bits per heavy atom. The molecule has 0 unspecified atom stereocenters. The average Bonchev–Trinajstić information content (AvgIpc) is 2.60. The lowest BCUT2D eigenvalue weighted by Gasteiger charge is -2.43. The molecule has 1 aromatic carbocycles. The van der Waals surface area contributed by atoms with E-state index >= 15 is 0 Å². The fraction of sp³-hybridized carbons (Fsp3) is 0.571. The van der Waals surface area contributed by atoms with Gasteiger partial charge in [-0.25, -0.2) is 0 Å². The Labute approximate surface area is 165 Å². The van der Waals surface area contributed by atoms with Gasteiger partial charge in [-0.3, -0.25) is 14.4 Å². The maximum atomic E-state index is 12.8.